The number of hydrogen-bond donors (Lipinski definition) is 2. The Kier molecular flexibility index (Phi) is 6.11. The van der Waals surface area contributed by atoms with Gasteiger partial charge in [0.25, 0.3) is 0 Å². The smallest absolute Gasteiger partial charge is 0.303 e. The van der Waals surface area contributed by atoms with Crippen LogP contribution in [0.3, 0.4) is 0 Å². The average molecular weight is 525 g/mol. The number of epoxide rings is 2. The molecule has 9 heteroatoms. The molecule has 2 spiro atoms. The molecule has 0 aromatic rings. The quantitative estimate of drug-likeness (QED) is 0.242. The highest BCUT2D eigenvalue weighted by atomic mass is 16.7. The first-order chi connectivity index (χ1) is 17.0. The minimum Gasteiger partial charge on any atom is -0.459 e. The summed E-state index contributed by atoms with van der Waals surface area (Å²) in [5, 5.41) is 24.1. The van der Waals surface area contributed by atoms with Crippen molar-refractivity contribution in [2.75, 3.05) is 20.5 Å². The third-order valence-electron chi connectivity index (χ3n) is 10.1. The molecule has 2 saturated carbocycles. The lowest BCUT2D eigenvalue weighted by atomic mass is 9.46. The monoisotopic (exact) mass is 524 g/mol. The molecule has 2 aliphatic heterocycles. The van der Waals surface area contributed by atoms with Gasteiger partial charge in [0, 0.05) is 37.2 Å². The summed E-state index contributed by atoms with van der Waals surface area (Å²) in [5.41, 5.74) is -4.66. The maximum absolute atomic E-state index is 12.6. The number of ether oxygens (including phenoxy) is 6. The van der Waals surface area contributed by atoms with Crippen LogP contribution in [0.2, 0.25) is 0 Å². The lowest BCUT2D eigenvalue weighted by molar-refractivity contribution is -0.252. The van der Waals surface area contributed by atoms with Crippen LogP contribution < -0.4 is 0 Å². The van der Waals surface area contributed by atoms with Crippen LogP contribution in [0.1, 0.15) is 68.2 Å². The van der Waals surface area contributed by atoms with E-state index in [1.807, 2.05) is 41.5 Å². The van der Waals surface area contributed by atoms with Crippen LogP contribution >= 0.6 is 0 Å². The van der Waals surface area contributed by atoms with Gasteiger partial charge in [0.15, 0.2) is 0 Å². The van der Waals surface area contributed by atoms with Crippen LogP contribution in [0.5, 0.6) is 0 Å². The van der Waals surface area contributed by atoms with Gasteiger partial charge in [-0.3, -0.25) is 4.79 Å². The van der Waals surface area contributed by atoms with E-state index in [4.69, 9.17) is 28.4 Å². The largest absolute Gasteiger partial charge is 0.459 e. The van der Waals surface area contributed by atoms with E-state index >= 15 is 0 Å². The Bertz CT molecular complexity index is 981. The Morgan fingerprint density at radius 1 is 1.19 bits per heavy atom. The van der Waals surface area contributed by atoms with Gasteiger partial charge in [0.2, 0.25) is 0 Å². The Balaban J connectivity index is 1.72. The van der Waals surface area contributed by atoms with E-state index in [0.717, 1.165) is 0 Å². The van der Waals surface area contributed by atoms with Gasteiger partial charge in [-0.2, -0.15) is 0 Å². The molecule has 10 atom stereocenters. The van der Waals surface area contributed by atoms with Crippen molar-refractivity contribution in [2.24, 2.45) is 16.7 Å². The molecule has 2 heterocycles. The molecular weight excluding hydrogens is 480 g/mol. The molecule has 0 aromatic heterocycles. The maximum atomic E-state index is 12.6. The van der Waals surface area contributed by atoms with Gasteiger partial charge in [-0.15, -0.1) is 0 Å². The summed E-state index contributed by atoms with van der Waals surface area (Å²) in [4.78, 5) is 12.2. The summed E-state index contributed by atoms with van der Waals surface area (Å²) in [6.07, 6.45) is -0.386. The van der Waals surface area contributed by atoms with Crippen molar-refractivity contribution in [1.29, 1.82) is 0 Å². The summed E-state index contributed by atoms with van der Waals surface area (Å²) < 4.78 is 37.0. The summed E-state index contributed by atoms with van der Waals surface area (Å²) in [5.74, 6) is -0.660. The molecule has 0 amide bonds. The van der Waals surface area contributed by atoms with Crippen molar-refractivity contribution in [3.05, 3.63) is 11.6 Å². The minimum absolute atomic E-state index is 0.000563. The fourth-order valence-electron chi connectivity index (χ4n) is 8.30. The van der Waals surface area contributed by atoms with Gasteiger partial charge in [0.1, 0.15) is 35.8 Å². The first kappa shape index (κ1) is 27.5. The molecular formula is C28H44O9. The highest BCUT2D eigenvalue weighted by Gasteiger charge is 2.86. The number of fused-ring (bicyclic) bond motifs is 4. The molecule has 0 radical (unpaired) electrons. The third kappa shape index (κ3) is 3.58. The highest BCUT2D eigenvalue weighted by molar-refractivity contribution is 5.66. The van der Waals surface area contributed by atoms with E-state index in [-0.39, 0.29) is 24.8 Å². The number of carbonyl (C=O) groups excluding carboxylic acids is 1. The molecule has 2 bridgehead atoms. The van der Waals surface area contributed by atoms with E-state index in [0.29, 0.717) is 25.0 Å². The van der Waals surface area contributed by atoms with E-state index < -0.39 is 57.7 Å². The zero-order chi connectivity index (χ0) is 27.4. The van der Waals surface area contributed by atoms with Crippen molar-refractivity contribution in [3.8, 4) is 0 Å². The lowest BCUT2D eigenvalue weighted by Gasteiger charge is -2.61. The molecule has 37 heavy (non-hydrogen) atoms. The van der Waals surface area contributed by atoms with Crippen molar-refractivity contribution >= 4 is 5.97 Å². The Morgan fingerprint density at radius 3 is 2.38 bits per heavy atom. The third-order valence-corrected chi connectivity index (χ3v) is 10.1. The number of aliphatic hydroxyl groups is 2. The second kappa shape index (κ2) is 8.22. The van der Waals surface area contributed by atoms with Crippen molar-refractivity contribution in [2.45, 2.75) is 121 Å². The minimum atomic E-state index is -1.44. The van der Waals surface area contributed by atoms with Gasteiger partial charge >= 0.3 is 5.97 Å². The molecule has 4 fully saturated rings. The Morgan fingerprint density at radius 2 is 1.84 bits per heavy atom. The average Bonchev–Trinajstić information content (AvgIpc) is 3.68. The predicted octanol–water partition coefficient (Wildman–Crippen LogP) is 2.51. The number of aliphatic hydroxyl groups excluding tert-OH is 1. The molecule has 210 valence electrons. The predicted molar refractivity (Wildman–Crippen MR) is 133 cm³/mol. The summed E-state index contributed by atoms with van der Waals surface area (Å²) >= 11 is 0. The SMILES string of the molecule is COCO[C@@H]1C[C@]2(C)[C@@H](OC(C)(C)C)C[C@H](OC(C)=O)[C@@]3(CO3)[C@@H]2[C@H]2O[C@]23[C@@H](O)C=C(C)[C@@]1(O)C3(C)C. The molecule has 0 aromatic carbocycles. The number of rotatable bonds is 5. The first-order valence-electron chi connectivity index (χ1n) is 13.4. The zero-order valence-electron chi connectivity index (χ0n) is 23.6. The fourth-order valence-corrected chi connectivity index (χ4v) is 8.30. The van der Waals surface area contributed by atoms with Gasteiger partial charge in [0.05, 0.1) is 30.5 Å². The van der Waals surface area contributed by atoms with E-state index in [9.17, 15) is 15.0 Å². The Labute approximate surface area is 219 Å². The summed E-state index contributed by atoms with van der Waals surface area (Å²) in [7, 11) is 1.56. The number of esters is 1. The molecule has 9 nitrogen and oxygen atoms in total. The van der Waals surface area contributed by atoms with E-state index in [1.54, 1.807) is 13.2 Å². The summed E-state index contributed by atoms with van der Waals surface area (Å²) in [6.45, 7) is 15.7. The van der Waals surface area contributed by atoms with Crippen LogP contribution in [-0.2, 0) is 33.2 Å². The van der Waals surface area contributed by atoms with Crippen LogP contribution in [0.25, 0.3) is 0 Å². The zero-order valence-corrected chi connectivity index (χ0v) is 23.6. The number of methoxy groups -OCH3 is 1. The van der Waals surface area contributed by atoms with Gasteiger partial charge in [-0.05, 0) is 39.7 Å². The van der Waals surface area contributed by atoms with E-state index in [2.05, 4.69) is 6.92 Å². The van der Waals surface area contributed by atoms with Crippen LogP contribution in [0.4, 0.5) is 0 Å². The number of carbonyl (C=O) groups is 1. The molecule has 5 aliphatic rings. The van der Waals surface area contributed by atoms with Gasteiger partial charge in [-0.1, -0.05) is 26.8 Å². The van der Waals surface area contributed by atoms with Gasteiger partial charge in [-0.25, -0.2) is 0 Å². The van der Waals surface area contributed by atoms with Crippen LogP contribution in [0.15, 0.2) is 11.6 Å². The molecule has 3 aliphatic carbocycles. The van der Waals surface area contributed by atoms with Crippen molar-refractivity contribution < 1.29 is 43.4 Å². The van der Waals surface area contributed by atoms with Gasteiger partial charge < -0.3 is 38.6 Å². The van der Waals surface area contributed by atoms with Crippen LogP contribution in [0, 0.1) is 16.7 Å². The van der Waals surface area contributed by atoms with Crippen molar-refractivity contribution in [3.63, 3.8) is 0 Å². The van der Waals surface area contributed by atoms with E-state index in [1.165, 1.54) is 6.92 Å². The molecule has 2 saturated heterocycles. The molecule has 0 unspecified atom stereocenters. The lowest BCUT2D eigenvalue weighted by Crippen LogP contribution is -2.72. The molecule has 2 N–H and O–H groups in total. The molecule has 5 rings (SSSR count). The standard InChI is InChI=1S/C28H44O9/c1-15-10-17(30)28-22(37-28)21-25(8,12-20(33-14-32-9)27(15,31)24(28,6)7)18(36-23(3,4)5)11-19(35-16(2)29)26(21)13-34-26/h10,17-22,30-31H,11-14H2,1-9H3/t17-,18-,19-,20+,21+,22+,25+,26-,27-,28+/m0/s1. The second-order valence-corrected chi connectivity index (χ2v) is 13.6. The first-order valence-corrected chi connectivity index (χ1v) is 13.4. The van der Waals surface area contributed by atoms with Crippen LogP contribution in [-0.4, -0.2) is 89.6 Å². The normalized spacial score (nSPS) is 49.8. The fraction of sp³-hybridized carbons (Fsp3) is 0.893. The Hall–Kier alpha value is -1.07. The topological polar surface area (TPSA) is 120 Å². The summed E-state index contributed by atoms with van der Waals surface area (Å²) in [6, 6.07) is 0. The second-order valence-electron chi connectivity index (χ2n) is 13.6. The highest BCUT2D eigenvalue weighted by Crippen LogP contribution is 2.73. The maximum Gasteiger partial charge on any atom is 0.303 e. The number of hydrogen-bond acceptors (Lipinski definition) is 9. The van der Waals surface area contributed by atoms with Crippen molar-refractivity contribution in [1.82, 2.24) is 0 Å².